The monoisotopic (exact) mass is 589 g/mol. The summed E-state index contributed by atoms with van der Waals surface area (Å²) in [6.07, 6.45) is -4.45. The molecule has 1 heterocycles. The van der Waals surface area contributed by atoms with Crippen molar-refractivity contribution in [1.82, 2.24) is 10.6 Å². The summed E-state index contributed by atoms with van der Waals surface area (Å²) in [4.78, 5) is 37.1. The van der Waals surface area contributed by atoms with Gasteiger partial charge in [0.2, 0.25) is 11.8 Å². The minimum atomic E-state index is -5.08. The topological polar surface area (TPSA) is 128 Å². The lowest BCUT2D eigenvalue weighted by molar-refractivity contribution is -0.192. The van der Waals surface area contributed by atoms with E-state index in [4.69, 9.17) is 14.6 Å². The molecule has 0 spiro atoms. The quantitative estimate of drug-likeness (QED) is 0.327. The van der Waals surface area contributed by atoms with Crippen LogP contribution < -0.4 is 20.3 Å². The number of likely N-dealkylation sites (N-methyl/N-ethyl adjacent to an activating group) is 1. The summed E-state index contributed by atoms with van der Waals surface area (Å²) >= 11 is 0. The summed E-state index contributed by atoms with van der Waals surface area (Å²) in [5, 5.41) is 24.9. The van der Waals surface area contributed by atoms with Crippen LogP contribution in [0.5, 0.6) is 5.75 Å². The van der Waals surface area contributed by atoms with Crippen LogP contribution in [0, 0.1) is 0 Å². The number of anilines is 1. The maximum absolute atomic E-state index is 13.9. The molecule has 9 nitrogen and oxygen atoms in total. The number of halogens is 3. The number of aliphatic carboxylic acids is 1. The molecule has 2 amide bonds. The Kier molecular flexibility index (Phi) is 10.5. The summed E-state index contributed by atoms with van der Waals surface area (Å²) in [7, 11) is 3.34. The number of carbonyl (C=O) groups is 3. The van der Waals surface area contributed by atoms with Gasteiger partial charge in [-0.2, -0.15) is 13.2 Å². The summed E-state index contributed by atoms with van der Waals surface area (Å²) in [6.45, 7) is 3.80. The average Bonchev–Trinajstić information content (AvgIpc) is 3.08. The van der Waals surface area contributed by atoms with E-state index in [1.54, 1.807) is 32.9 Å². The Morgan fingerprint density at radius 2 is 1.79 bits per heavy atom. The van der Waals surface area contributed by atoms with E-state index in [1.165, 1.54) is 0 Å². The number of ether oxygens (including phenoxy) is 1. The molecule has 226 valence electrons. The SMILES string of the molecule is CN[C@@H](C)C(=O)N[C@H]1CCc2ccccc2N(Cc2c(OC)ccc3cc(C(C)O)ccc23)C1=O.O=C(O)C(F)(F)F. The second-order valence-electron chi connectivity index (χ2n) is 9.87. The molecule has 42 heavy (non-hydrogen) atoms. The molecule has 0 aromatic heterocycles. The second kappa shape index (κ2) is 13.7. The number of nitrogens with one attached hydrogen (secondary N) is 2. The fraction of sp³-hybridized carbons (Fsp3) is 0.367. The number of carboxylic acid groups (broad SMARTS) is 1. The molecule has 12 heteroatoms. The molecule has 3 aromatic carbocycles. The van der Waals surface area contributed by atoms with E-state index >= 15 is 0 Å². The van der Waals surface area contributed by atoms with Crippen molar-refractivity contribution in [3.63, 3.8) is 0 Å². The van der Waals surface area contributed by atoms with Crippen LogP contribution in [-0.2, 0) is 27.3 Å². The van der Waals surface area contributed by atoms with E-state index in [0.29, 0.717) is 25.1 Å². The van der Waals surface area contributed by atoms with Gasteiger partial charge in [-0.15, -0.1) is 0 Å². The van der Waals surface area contributed by atoms with Crippen molar-refractivity contribution in [2.24, 2.45) is 0 Å². The second-order valence-corrected chi connectivity index (χ2v) is 9.87. The molecule has 4 rings (SSSR count). The van der Waals surface area contributed by atoms with Gasteiger partial charge in [-0.05, 0) is 73.8 Å². The Morgan fingerprint density at radius 1 is 1.12 bits per heavy atom. The van der Waals surface area contributed by atoms with Gasteiger partial charge in [-0.1, -0.05) is 36.4 Å². The molecule has 1 unspecified atom stereocenters. The molecule has 0 bridgehead atoms. The highest BCUT2D eigenvalue weighted by atomic mass is 19.4. The fourth-order valence-corrected chi connectivity index (χ4v) is 4.61. The van der Waals surface area contributed by atoms with E-state index in [2.05, 4.69) is 10.6 Å². The van der Waals surface area contributed by atoms with E-state index in [9.17, 15) is 27.9 Å². The highest BCUT2D eigenvalue weighted by Crippen LogP contribution is 2.35. The highest BCUT2D eigenvalue weighted by Gasteiger charge is 2.38. The predicted molar refractivity (Wildman–Crippen MR) is 151 cm³/mol. The first-order valence-electron chi connectivity index (χ1n) is 13.2. The largest absolute Gasteiger partial charge is 0.496 e. The van der Waals surface area contributed by atoms with Crippen LogP contribution in [0.3, 0.4) is 0 Å². The molecule has 0 radical (unpaired) electrons. The molecule has 4 N–H and O–H groups in total. The van der Waals surface area contributed by atoms with Crippen molar-refractivity contribution < 1.29 is 42.5 Å². The lowest BCUT2D eigenvalue weighted by Crippen LogP contribution is -2.52. The number of alkyl halides is 3. The zero-order valence-corrected chi connectivity index (χ0v) is 23.7. The van der Waals surface area contributed by atoms with Crippen LogP contribution in [0.25, 0.3) is 10.8 Å². The number of methoxy groups -OCH3 is 1. The number of amides is 2. The van der Waals surface area contributed by atoms with E-state index in [-0.39, 0.29) is 11.8 Å². The third kappa shape index (κ3) is 7.56. The normalized spacial score (nSPS) is 16.4. The molecule has 3 aromatic rings. The molecule has 1 aliphatic heterocycles. The van der Waals surface area contributed by atoms with Gasteiger partial charge in [-0.3, -0.25) is 9.59 Å². The first kappa shape index (κ1) is 32.4. The summed E-state index contributed by atoms with van der Waals surface area (Å²) in [5.41, 5.74) is 3.61. The fourth-order valence-electron chi connectivity index (χ4n) is 4.61. The van der Waals surface area contributed by atoms with Crippen LogP contribution in [0.1, 0.15) is 43.1 Å². The highest BCUT2D eigenvalue weighted by molar-refractivity contribution is 6.01. The van der Waals surface area contributed by atoms with Gasteiger partial charge in [0.15, 0.2) is 0 Å². The van der Waals surface area contributed by atoms with Crippen molar-refractivity contribution in [2.75, 3.05) is 19.1 Å². The standard InChI is InChI=1S/C28H33N3O4.C2HF3O2/c1-17(29-3)27(33)30-24-13-10-19-7-5-6-8-25(19)31(28(24)34)16-23-22-12-9-20(18(2)32)15-21(22)11-14-26(23)35-4;3-2(4,5)1(6)7/h5-9,11-12,14-15,17-18,24,29,32H,10,13,16H2,1-4H3,(H,30,33);(H,6,7)/t17-,18?,24-;/m0./s1. The first-order valence-corrected chi connectivity index (χ1v) is 13.2. The number of para-hydroxylation sites is 1. The van der Waals surface area contributed by atoms with E-state index < -0.39 is 30.3 Å². The van der Waals surface area contributed by atoms with E-state index in [1.807, 2.05) is 54.6 Å². The van der Waals surface area contributed by atoms with Crippen molar-refractivity contribution >= 4 is 34.2 Å². The van der Waals surface area contributed by atoms with Crippen LogP contribution in [-0.4, -0.2) is 60.4 Å². The Bertz CT molecular complexity index is 1440. The number of carbonyl (C=O) groups excluding carboxylic acids is 2. The summed E-state index contributed by atoms with van der Waals surface area (Å²) < 4.78 is 37.4. The van der Waals surface area contributed by atoms with E-state index in [0.717, 1.165) is 33.2 Å². The minimum absolute atomic E-state index is 0.147. The average molecular weight is 590 g/mol. The van der Waals surface area contributed by atoms with Gasteiger partial charge < -0.3 is 30.5 Å². The lowest BCUT2D eigenvalue weighted by atomic mass is 9.98. The van der Waals surface area contributed by atoms with Gasteiger partial charge in [0.1, 0.15) is 11.8 Å². The zero-order valence-electron chi connectivity index (χ0n) is 23.7. The smallest absolute Gasteiger partial charge is 0.490 e. The van der Waals surface area contributed by atoms with Gasteiger partial charge >= 0.3 is 12.1 Å². The van der Waals surface area contributed by atoms with Crippen molar-refractivity contribution in [3.05, 3.63) is 71.3 Å². The molecular formula is C30H34F3N3O6. The number of hydrogen-bond acceptors (Lipinski definition) is 6. The molecule has 0 saturated carbocycles. The number of benzene rings is 3. The Morgan fingerprint density at radius 3 is 2.38 bits per heavy atom. The van der Waals surface area contributed by atoms with Gasteiger partial charge in [0.25, 0.3) is 0 Å². The number of aliphatic hydroxyl groups excluding tert-OH is 1. The van der Waals surface area contributed by atoms with Crippen molar-refractivity contribution in [3.8, 4) is 5.75 Å². The van der Waals surface area contributed by atoms with Crippen molar-refractivity contribution in [2.45, 2.75) is 57.6 Å². The maximum atomic E-state index is 13.9. The van der Waals surface area contributed by atoms with Crippen LogP contribution >= 0.6 is 0 Å². The van der Waals surface area contributed by atoms with Gasteiger partial charge in [0.05, 0.1) is 25.8 Å². The first-order chi connectivity index (χ1) is 19.8. The number of carboxylic acids is 1. The summed E-state index contributed by atoms with van der Waals surface area (Å²) in [5.74, 6) is -2.43. The Balaban J connectivity index is 0.000000616. The molecule has 1 aliphatic rings. The Hall–Kier alpha value is -4.16. The molecule has 0 aliphatic carbocycles. The maximum Gasteiger partial charge on any atom is 0.490 e. The van der Waals surface area contributed by atoms with Gasteiger partial charge in [0, 0.05) is 11.3 Å². The Labute approximate surface area is 241 Å². The number of aliphatic hydroxyl groups is 1. The lowest BCUT2D eigenvalue weighted by Gasteiger charge is -2.28. The molecule has 0 saturated heterocycles. The number of aryl methyl sites for hydroxylation is 1. The van der Waals surface area contributed by atoms with Crippen LogP contribution in [0.2, 0.25) is 0 Å². The molecule has 0 fully saturated rings. The van der Waals surface area contributed by atoms with Crippen LogP contribution in [0.4, 0.5) is 18.9 Å². The minimum Gasteiger partial charge on any atom is -0.496 e. The number of rotatable bonds is 7. The molecule has 3 atom stereocenters. The van der Waals surface area contributed by atoms with Crippen LogP contribution in [0.15, 0.2) is 54.6 Å². The van der Waals surface area contributed by atoms with Crippen molar-refractivity contribution in [1.29, 1.82) is 0 Å². The van der Waals surface area contributed by atoms with Gasteiger partial charge in [-0.25, -0.2) is 4.79 Å². The zero-order chi connectivity index (χ0) is 31.2. The molecular weight excluding hydrogens is 555 g/mol. The summed E-state index contributed by atoms with van der Waals surface area (Å²) in [6, 6.07) is 16.5. The number of fused-ring (bicyclic) bond motifs is 2. The third-order valence-corrected chi connectivity index (χ3v) is 7.07. The number of hydrogen-bond donors (Lipinski definition) is 4. The number of nitrogens with zero attached hydrogens (tertiary/aromatic N) is 1. The predicted octanol–water partition coefficient (Wildman–Crippen LogP) is 4.11. The third-order valence-electron chi connectivity index (χ3n) is 7.07.